The third-order valence-electron chi connectivity index (χ3n) is 3.64. The molecule has 1 heterocycles. The predicted octanol–water partition coefficient (Wildman–Crippen LogP) is 4.18. The van der Waals surface area contributed by atoms with Gasteiger partial charge in [0.05, 0.1) is 12.2 Å². The molecule has 0 aliphatic carbocycles. The summed E-state index contributed by atoms with van der Waals surface area (Å²) in [6, 6.07) is 8.87. The Morgan fingerprint density at radius 2 is 1.69 bits per heavy atom. The molecule has 0 radical (unpaired) electrons. The van der Waals surface area contributed by atoms with E-state index in [1.54, 1.807) is 24.4 Å². The molecule has 0 unspecified atom stereocenters. The summed E-state index contributed by atoms with van der Waals surface area (Å²) in [5.74, 6) is -0.943. The van der Waals surface area contributed by atoms with E-state index in [1.165, 1.54) is 17.4 Å². The van der Waals surface area contributed by atoms with E-state index in [9.17, 15) is 14.4 Å². The van der Waals surface area contributed by atoms with Gasteiger partial charge in [0.25, 0.3) is 11.8 Å². The van der Waals surface area contributed by atoms with Crippen LogP contribution in [0.4, 0.5) is 9.80 Å². The molecule has 3 amide bonds. The highest BCUT2D eigenvalue weighted by Gasteiger charge is 2.19. The van der Waals surface area contributed by atoms with Crippen molar-refractivity contribution in [2.75, 3.05) is 11.9 Å². The molecule has 26 heavy (non-hydrogen) atoms. The molecule has 6 nitrogen and oxygen atoms in total. The van der Waals surface area contributed by atoms with Gasteiger partial charge in [0.2, 0.25) is 0 Å². The lowest BCUT2D eigenvalue weighted by atomic mass is 9.87. The predicted molar refractivity (Wildman–Crippen MR) is 102 cm³/mol. The summed E-state index contributed by atoms with van der Waals surface area (Å²) in [4.78, 5) is 36.0. The van der Waals surface area contributed by atoms with E-state index < -0.39 is 12.0 Å². The summed E-state index contributed by atoms with van der Waals surface area (Å²) in [6.45, 7) is 8.11. The fraction of sp³-hybridized carbons (Fsp3) is 0.316. The van der Waals surface area contributed by atoms with Gasteiger partial charge in [0.15, 0.2) is 0 Å². The number of anilines is 1. The Balaban J connectivity index is 2.10. The largest absolute Gasteiger partial charge is 0.450 e. The molecule has 0 spiro atoms. The van der Waals surface area contributed by atoms with Crippen LogP contribution >= 0.6 is 11.3 Å². The highest BCUT2D eigenvalue weighted by atomic mass is 32.1. The summed E-state index contributed by atoms with van der Waals surface area (Å²) in [6.07, 6.45) is -0.821. The number of alkyl carbamates (subject to hydrolysis) is 1. The van der Waals surface area contributed by atoms with Crippen LogP contribution in [0.3, 0.4) is 0 Å². The lowest BCUT2D eigenvalue weighted by Crippen LogP contribution is -2.31. The van der Waals surface area contributed by atoms with Gasteiger partial charge in [-0.3, -0.25) is 14.9 Å². The number of rotatable bonds is 4. The Morgan fingerprint density at radius 3 is 2.27 bits per heavy atom. The molecule has 138 valence electrons. The summed E-state index contributed by atoms with van der Waals surface area (Å²) < 4.78 is 4.68. The van der Waals surface area contributed by atoms with Crippen LogP contribution in [0.1, 0.15) is 54.0 Å². The lowest BCUT2D eigenvalue weighted by molar-refractivity contribution is 0.0926. The second-order valence-corrected chi connectivity index (χ2v) is 7.54. The Hall–Kier alpha value is -2.67. The van der Waals surface area contributed by atoms with Crippen LogP contribution in [0.5, 0.6) is 0 Å². The topological polar surface area (TPSA) is 84.5 Å². The van der Waals surface area contributed by atoms with E-state index >= 15 is 0 Å². The number of benzene rings is 1. The second kappa shape index (κ2) is 8.14. The van der Waals surface area contributed by atoms with Crippen molar-refractivity contribution in [2.45, 2.75) is 33.1 Å². The molecule has 0 saturated heterocycles. The zero-order valence-corrected chi connectivity index (χ0v) is 16.0. The van der Waals surface area contributed by atoms with Gasteiger partial charge in [-0.1, -0.05) is 32.9 Å². The number of carbonyl (C=O) groups is 3. The SMILES string of the molecule is CCOC(=O)NC(=O)c1ccsc1NC(=O)c1ccc(C(C)(C)C)cc1. The maximum atomic E-state index is 12.4. The van der Waals surface area contributed by atoms with Gasteiger partial charge in [0.1, 0.15) is 5.00 Å². The van der Waals surface area contributed by atoms with Gasteiger partial charge in [-0.25, -0.2) is 4.79 Å². The fourth-order valence-electron chi connectivity index (χ4n) is 2.21. The maximum absolute atomic E-state index is 12.4. The first-order valence-corrected chi connectivity index (χ1v) is 9.08. The van der Waals surface area contributed by atoms with Crippen molar-refractivity contribution in [3.8, 4) is 0 Å². The highest BCUT2D eigenvalue weighted by Crippen LogP contribution is 2.25. The summed E-state index contributed by atoms with van der Waals surface area (Å²) in [5.41, 5.74) is 1.83. The minimum absolute atomic E-state index is 0.00111. The molecule has 1 aromatic carbocycles. The van der Waals surface area contributed by atoms with E-state index in [4.69, 9.17) is 0 Å². The standard InChI is InChI=1S/C19H22N2O4S/c1-5-25-18(24)21-16(23)14-10-11-26-17(14)20-15(22)12-6-8-13(9-7-12)19(2,3)4/h6-11H,5H2,1-4H3,(H,20,22)(H,21,23,24). The van der Waals surface area contributed by atoms with E-state index in [1.807, 2.05) is 12.1 Å². The van der Waals surface area contributed by atoms with Crippen molar-refractivity contribution in [2.24, 2.45) is 0 Å². The second-order valence-electron chi connectivity index (χ2n) is 6.62. The van der Waals surface area contributed by atoms with Crippen molar-refractivity contribution in [3.63, 3.8) is 0 Å². The normalized spacial score (nSPS) is 10.9. The third-order valence-corrected chi connectivity index (χ3v) is 4.47. The molecule has 7 heteroatoms. The molecular weight excluding hydrogens is 352 g/mol. The molecule has 2 rings (SSSR count). The number of thiophene rings is 1. The van der Waals surface area contributed by atoms with Gasteiger partial charge < -0.3 is 10.1 Å². The first-order valence-electron chi connectivity index (χ1n) is 8.20. The first-order chi connectivity index (χ1) is 12.2. The number of hydrogen-bond donors (Lipinski definition) is 2. The van der Waals surface area contributed by atoms with Gasteiger partial charge in [0, 0.05) is 5.56 Å². The summed E-state index contributed by atoms with van der Waals surface area (Å²) in [7, 11) is 0. The van der Waals surface area contributed by atoms with Crippen molar-refractivity contribution >= 4 is 34.2 Å². The van der Waals surface area contributed by atoms with Crippen LogP contribution in [-0.2, 0) is 10.2 Å². The molecule has 0 aliphatic heterocycles. The summed E-state index contributed by atoms with van der Waals surface area (Å²) in [5, 5.41) is 6.87. The Bertz CT molecular complexity index is 804. The number of ether oxygens (including phenoxy) is 1. The summed E-state index contributed by atoms with van der Waals surface area (Å²) >= 11 is 1.20. The number of carbonyl (C=O) groups excluding carboxylic acids is 3. The molecule has 0 saturated carbocycles. The zero-order valence-electron chi connectivity index (χ0n) is 15.2. The van der Waals surface area contributed by atoms with Crippen molar-refractivity contribution < 1.29 is 19.1 Å². The Labute approximate surface area is 156 Å². The molecular formula is C19H22N2O4S. The number of amides is 3. The number of nitrogens with one attached hydrogen (secondary N) is 2. The molecule has 0 bridgehead atoms. The average Bonchev–Trinajstić information content (AvgIpc) is 3.02. The molecule has 0 fully saturated rings. The van der Waals surface area contributed by atoms with E-state index in [0.717, 1.165) is 5.56 Å². The van der Waals surface area contributed by atoms with Crippen LogP contribution < -0.4 is 10.6 Å². The van der Waals surface area contributed by atoms with Gasteiger partial charge >= 0.3 is 6.09 Å². The van der Waals surface area contributed by atoms with Gasteiger partial charge in [-0.15, -0.1) is 11.3 Å². The van der Waals surface area contributed by atoms with Crippen molar-refractivity contribution in [1.82, 2.24) is 5.32 Å². The van der Waals surface area contributed by atoms with Crippen LogP contribution in [0.25, 0.3) is 0 Å². The first kappa shape index (κ1) is 19.7. The number of imide groups is 1. The molecule has 0 aliphatic rings. The van der Waals surface area contributed by atoms with Crippen LogP contribution in [0, 0.1) is 0 Å². The average molecular weight is 374 g/mol. The Morgan fingerprint density at radius 1 is 1.04 bits per heavy atom. The smallest absolute Gasteiger partial charge is 0.414 e. The van der Waals surface area contributed by atoms with Gasteiger partial charge in [-0.2, -0.15) is 0 Å². The molecule has 0 atom stereocenters. The number of hydrogen-bond acceptors (Lipinski definition) is 5. The third kappa shape index (κ3) is 4.92. The maximum Gasteiger partial charge on any atom is 0.414 e. The molecule has 2 aromatic rings. The zero-order chi connectivity index (χ0) is 19.3. The van der Waals surface area contributed by atoms with Crippen molar-refractivity contribution in [1.29, 1.82) is 0 Å². The fourth-order valence-corrected chi connectivity index (χ4v) is 2.99. The lowest BCUT2D eigenvalue weighted by Gasteiger charge is -2.19. The highest BCUT2D eigenvalue weighted by molar-refractivity contribution is 7.14. The molecule has 2 N–H and O–H groups in total. The quantitative estimate of drug-likeness (QED) is 0.841. The Kier molecular flexibility index (Phi) is 6.15. The van der Waals surface area contributed by atoms with Crippen LogP contribution in [-0.4, -0.2) is 24.5 Å². The minimum atomic E-state index is -0.821. The van der Waals surface area contributed by atoms with E-state index in [2.05, 4.69) is 36.1 Å². The van der Waals surface area contributed by atoms with E-state index in [-0.39, 0.29) is 23.5 Å². The van der Waals surface area contributed by atoms with Crippen LogP contribution in [0.2, 0.25) is 0 Å². The van der Waals surface area contributed by atoms with Gasteiger partial charge in [-0.05, 0) is 41.5 Å². The van der Waals surface area contributed by atoms with Crippen LogP contribution in [0.15, 0.2) is 35.7 Å². The van der Waals surface area contributed by atoms with E-state index in [0.29, 0.717) is 10.6 Å². The van der Waals surface area contributed by atoms with Crippen molar-refractivity contribution in [3.05, 3.63) is 52.4 Å². The minimum Gasteiger partial charge on any atom is -0.450 e. The monoisotopic (exact) mass is 374 g/mol. The molecule has 1 aromatic heterocycles.